The van der Waals surface area contributed by atoms with Crippen molar-refractivity contribution in [3.63, 3.8) is 0 Å². The van der Waals surface area contributed by atoms with Crippen molar-refractivity contribution in [1.29, 1.82) is 0 Å². The molecular weight excluding hydrogens is 462 g/mol. The van der Waals surface area contributed by atoms with Crippen molar-refractivity contribution < 1.29 is 14.9 Å². The van der Waals surface area contributed by atoms with E-state index in [1.807, 2.05) is 25.1 Å². The van der Waals surface area contributed by atoms with Gasteiger partial charge < -0.3 is 19.8 Å². The van der Waals surface area contributed by atoms with Crippen molar-refractivity contribution >= 4 is 16.5 Å². The van der Waals surface area contributed by atoms with Crippen molar-refractivity contribution in [3.8, 4) is 0 Å². The van der Waals surface area contributed by atoms with Gasteiger partial charge in [-0.3, -0.25) is 0 Å². The quantitative estimate of drug-likeness (QED) is 0.642. The first kappa shape index (κ1) is 23.7. The van der Waals surface area contributed by atoms with Gasteiger partial charge in [-0.15, -0.1) is 0 Å². The number of nitrogens with zero attached hydrogens (tertiary/aromatic N) is 3. The molecule has 5 aliphatic rings. The van der Waals surface area contributed by atoms with Crippen molar-refractivity contribution in [2.75, 3.05) is 14.1 Å². The summed E-state index contributed by atoms with van der Waals surface area (Å²) in [5.41, 5.74) is 4.44. The molecule has 0 radical (unpaired) electrons. The van der Waals surface area contributed by atoms with Crippen LogP contribution < -0.4 is 0 Å². The Morgan fingerprint density at radius 3 is 2.68 bits per heavy atom. The Kier molecular flexibility index (Phi) is 4.73. The third kappa shape index (κ3) is 2.85. The lowest BCUT2D eigenvalue weighted by Gasteiger charge is -2.60. The van der Waals surface area contributed by atoms with Crippen molar-refractivity contribution in [3.05, 3.63) is 65.4 Å². The van der Waals surface area contributed by atoms with E-state index in [-0.39, 0.29) is 28.4 Å². The molecule has 3 aliphatic carbocycles. The fourth-order valence-electron chi connectivity index (χ4n) is 8.67. The Bertz CT molecular complexity index is 1410. The maximum atomic E-state index is 11.3. The van der Waals surface area contributed by atoms with Crippen molar-refractivity contribution in [2.45, 2.75) is 75.9 Å². The first-order valence-corrected chi connectivity index (χ1v) is 13.6. The number of hydrogen-bond acceptors (Lipinski definition) is 6. The molecule has 1 saturated carbocycles. The Balaban J connectivity index is 1.36. The highest BCUT2D eigenvalue weighted by molar-refractivity contribution is 5.85. The average Bonchev–Trinajstić information content (AvgIpc) is 3.40. The normalized spacial score (nSPS) is 41.6. The highest BCUT2D eigenvalue weighted by atomic mass is 16.5. The lowest BCUT2D eigenvalue weighted by molar-refractivity contribution is -0.170. The second kappa shape index (κ2) is 7.38. The number of likely N-dealkylation sites (N-methyl/N-ethyl adjacent to an activating group) is 1. The molecule has 1 aromatic carbocycles. The third-order valence-corrected chi connectivity index (χ3v) is 10.9. The van der Waals surface area contributed by atoms with Gasteiger partial charge in [0.05, 0.1) is 29.0 Å². The molecule has 2 aliphatic heterocycles. The molecule has 2 fully saturated rings. The molecule has 1 aromatic heterocycles. The van der Waals surface area contributed by atoms with E-state index >= 15 is 0 Å². The summed E-state index contributed by atoms with van der Waals surface area (Å²) in [6.07, 6.45) is 10.6. The fraction of sp³-hybridized carbons (Fsp3) is 0.548. The topological polar surface area (TPSA) is 78.7 Å². The van der Waals surface area contributed by atoms with E-state index in [1.165, 1.54) is 16.7 Å². The lowest BCUT2D eigenvalue weighted by Crippen LogP contribution is -2.63. The van der Waals surface area contributed by atoms with Crippen LogP contribution in [0.5, 0.6) is 0 Å². The van der Waals surface area contributed by atoms with Crippen LogP contribution in [0.1, 0.15) is 52.0 Å². The van der Waals surface area contributed by atoms with Crippen LogP contribution in [0.3, 0.4) is 0 Å². The van der Waals surface area contributed by atoms with Crippen LogP contribution in [0, 0.1) is 16.7 Å². The summed E-state index contributed by atoms with van der Waals surface area (Å²) >= 11 is 0. The van der Waals surface area contributed by atoms with Crippen molar-refractivity contribution in [1.82, 2.24) is 15.1 Å². The maximum absolute atomic E-state index is 11.3. The van der Waals surface area contributed by atoms with E-state index in [0.717, 1.165) is 35.7 Å². The predicted molar refractivity (Wildman–Crippen MR) is 144 cm³/mol. The van der Waals surface area contributed by atoms with Crippen molar-refractivity contribution in [2.24, 2.45) is 16.7 Å². The summed E-state index contributed by atoms with van der Waals surface area (Å²) in [5, 5.41) is 31.7. The molecule has 194 valence electrons. The number of rotatable bonds is 2. The molecule has 37 heavy (non-hydrogen) atoms. The van der Waals surface area contributed by atoms with E-state index < -0.39 is 17.8 Å². The monoisotopic (exact) mass is 499 g/mol. The van der Waals surface area contributed by atoms with E-state index in [2.05, 4.69) is 67.4 Å². The van der Waals surface area contributed by atoms with Gasteiger partial charge in [-0.1, -0.05) is 45.1 Å². The van der Waals surface area contributed by atoms with Gasteiger partial charge in [-0.25, -0.2) is 0 Å². The zero-order chi connectivity index (χ0) is 26.0. The lowest BCUT2D eigenvalue weighted by atomic mass is 9.49. The fourth-order valence-corrected chi connectivity index (χ4v) is 8.67. The largest absolute Gasteiger partial charge is 0.388 e. The molecule has 2 N–H and O–H groups in total. The molecule has 7 atom stereocenters. The van der Waals surface area contributed by atoms with Crippen LogP contribution in [0.25, 0.3) is 16.5 Å². The van der Waals surface area contributed by atoms with Gasteiger partial charge in [-0.05, 0) is 85.7 Å². The minimum Gasteiger partial charge on any atom is -0.388 e. The highest BCUT2D eigenvalue weighted by Gasteiger charge is 2.70. The molecule has 3 heterocycles. The Labute approximate surface area is 218 Å². The molecule has 2 bridgehead atoms. The zero-order valence-corrected chi connectivity index (χ0v) is 22.4. The molecular formula is C31H37N3O3. The number of aromatic nitrogens is 2. The minimum atomic E-state index is -0.910. The van der Waals surface area contributed by atoms with Gasteiger partial charge >= 0.3 is 0 Å². The summed E-state index contributed by atoms with van der Waals surface area (Å²) in [6.45, 7) is 7.12. The summed E-state index contributed by atoms with van der Waals surface area (Å²) in [7, 11) is 3.96. The number of aliphatic hydroxyl groups excluding tert-OH is 2. The van der Waals surface area contributed by atoms with Crippen LogP contribution >= 0.6 is 0 Å². The smallest absolute Gasteiger partial charge is 0.105 e. The zero-order valence-electron chi connectivity index (χ0n) is 22.4. The van der Waals surface area contributed by atoms with E-state index in [9.17, 15) is 10.2 Å². The van der Waals surface area contributed by atoms with E-state index in [0.29, 0.717) is 6.42 Å². The van der Waals surface area contributed by atoms with Gasteiger partial charge in [-0.2, -0.15) is 10.2 Å². The SMILES string of the molecule is CN(C)[C@H]1C[C@@]23CC[C@@]4(O2)C(=CC(C)(C)[C@]2(C)C(c5ccc6nnccc6c5)=CCC42)C=C3[C@@H](O)[C@@H]1O. The Hall–Kier alpha value is -2.38. The standard InChI is InChI=1S/C31H37N3O3/c1-28(2)16-20-15-22-26(35)27(36)24(34(4)5)17-30(22)11-12-31(20,37-30)25-9-7-21(29(25,28)3)18-6-8-23-19(14-18)10-13-32-33-23/h6-8,10,13-16,24-27,35-36H,9,11-12,17H2,1-5H3/t24-,25?,26+,27+,29+,30+,31+/m0/s1. The molecule has 2 aromatic rings. The molecule has 6 nitrogen and oxygen atoms in total. The molecule has 7 rings (SSSR count). The van der Waals surface area contributed by atoms with Gasteiger partial charge in [0.25, 0.3) is 0 Å². The number of benzene rings is 1. The number of allylic oxidation sites excluding steroid dienone is 3. The average molecular weight is 500 g/mol. The third-order valence-electron chi connectivity index (χ3n) is 10.9. The summed E-state index contributed by atoms with van der Waals surface area (Å²) in [4.78, 5) is 2.03. The van der Waals surface area contributed by atoms with Crippen LogP contribution in [0.15, 0.2) is 59.8 Å². The molecule has 6 heteroatoms. The highest BCUT2D eigenvalue weighted by Crippen LogP contribution is 2.71. The van der Waals surface area contributed by atoms with Gasteiger partial charge in [0.15, 0.2) is 0 Å². The molecule has 1 saturated heterocycles. The van der Waals surface area contributed by atoms with Crippen LogP contribution in [0.4, 0.5) is 0 Å². The van der Waals surface area contributed by atoms with Gasteiger partial charge in [0, 0.05) is 22.8 Å². The van der Waals surface area contributed by atoms with Gasteiger partial charge in [0.2, 0.25) is 0 Å². The second-order valence-electron chi connectivity index (χ2n) is 13.0. The first-order chi connectivity index (χ1) is 17.5. The number of aliphatic hydroxyl groups is 2. The first-order valence-electron chi connectivity index (χ1n) is 13.6. The van der Waals surface area contributed by atoms with Crippen LogP contribution in [0.2, 0.25) is 0 Å². The van der Waals surface area contributed by atoms with Crippen LogP contribution in [-0.2, 0) is 4.74 Å². The number of hydrogen-bond donors (Lipinski definition) is 2. The number of ether oxygens (including phenoxy) is 1. The van der Waals surface area contributed by atoms with E-state index in [4.69, 9.17) is 4.74 Å². The summed E-state index contributed by atoms with van der Waals surface area (Å²) < 4.78 is 7.32. The molecule has 1 unspecified atom stereocenters. The summed E-state index contributed by atoms with van der Waals surface area (Å²) in [5.74, 6) is 0.287. The minimum absolute atomic E-state index is 0.130. The van der Waals surface area contributed by atoms with Crippen LogP contribution in [-0.4, -0.2) is 68.9 Å². The predicted octanol–water partition coefficient (Wildman–Crippen LogP) is 4.29. The maximum Gasteiger partial charge on any atom is 0.105 e. The number of fused-ring (bicyclic) bond motifs is 2. The Morgan fingerprint density at radius 2 is 1.89 bits per heavy atom. The molecule has 0 amide bonds. The second-order valence-corrected chi connectivity index (χ2v) is 13.0. The Morgan fingerprint density at radius 1 is 1.08 bits per heavy atom. The summed E-state index contributed by atoms with van der Waals surface area (Å²) in [6, 6.07) is 8.42. The van der Waals surface area contributed by atoms with E-state index in [1.54, 1.807) is 6.20 Å². The van der Waals surface area contributed by atoms with Gasteiger partial charge in [0.1, 0.15) is 6.10 Å². The molecule has 2 spiro atoms.